The number of carbonyl (C=O) groups excluding carboxylic acids is 2. The van der Waals surface area contributed by atoms with Gasteiger partial charge in [0.25, 0.3) is 0 Å². The topological polar surface area (TPSA) is 100 Å². The number of nitrogens with zero attached hydrogens (tertiary/aromatic N) is 3. The van der Waals surface area contributed by atoms with Crippen molar-refractivity contribution in [1.82, 2.24) is 4.98 Å². The van der Waals surface area contributed by atoms with Crippen molar-refractivity contribution in [1.29, 1.82) is 5.26 Å². The number of rotatable bonds is 2. The summed E-state index contributed by atoms with van der Waals surface area (Å²) < 4.78 is 0. The molecule has 1 aromatic rings. The molecule has 2 N–H and O–H groups in total. The van der Waals surface area contributed by atoms with Gasteiger partial charge >= 0.3 is 0 Å². The first kappa shape index (κ1) is 11.1. The molecule has 1 fully saturated rings. The predicted octanol–water partition coefficient (Wildman–Crippen LogP) is -0.209. The zero-order valence-electron chi connectivity index (χ0n) is 8.96. The lowest BCUT2D eigenvalue weighted by atomic mass is 10.1. The summed E-state index contributed by atoms with van der Waals surface area (Å²) in [6, 6.07) is 3.51. The Morgan fingerprint density at radius 3 is 2.94 bits per heavy atom. The van der Waals surface area contributed by atoms with E-state index in [1.165, 1.54) is 17.3 Å². The number of pyridine rings is 1. The molecule has 0 radical (unpaired) electrons. The standard InChI is InChI=1S/C11H10N4O2/c12-3-7-1-9(5-14-4-7)15-6-8(11(13)17)2-10(15)16/h1,4-5,8H,2,6H2,(H2,13,17). The van der Waals surface area contributed by atoms with Crippen LogP contribution in [-0.4, -0.2) is 23.3 Å². The monoisotopic (exact) mass is 230 g/mol. The molecule has 2 heterocycles. The van der Waals surface area contributed by atoms with Gasteiger partial charge in [0.2, 0.25) is 11.8 Å². The normalized spacial score (nSPS) is 19.1. The molecule has 86 valence electrons. The fourth-order valence-electron chi connectivity index (χ4n) is 1.78. The van der Waals surface area contributed by atoms with Crippen LogP contribution in [0.1, 0.15) is 12.0 Å². The van der Waals surface area contributed by atoms with Gasteiger partial charge in [0, 0.05) is 19.2 Å². The highest BCUT2D eigenvalue weighted by molar-refractivity contribution is 6.00. The van der Waals surface area contributed by atoms with Gasteiger partial charge in [0.15, 0.2) is 0 Å². The van der Waals surface area contributed by atoms with Crippen molar-refractivity contribution in [3.63, 3.8) is 0 Å². The quantitative estimate of drug-likeness (QED) is 0.759. The van der Waals surface area contributed by atoms with Crippen LogP contribution < -0.4 is 10.6 Å². The number of primary amides is 1. The van der Waals surface area contributed by atoms with Crippen molar-refractivity contribution >= 4 is 17.5 Å². The zero-order chi connectivity index (χ0) is 12.4. The van der Waals surface area contributed by atoms with Crippen LogP contribution in [0.4, 0.5) is 5.69 Å². The highest BCUT2D eigenvalue weighted by Gasteiger charge is 2.34. The van der Waals surface area contributed by atoms with Gasteiger partial charge in [-0.15, -0.1) is 0 Å². The Balaban J connectivity index is 2.26. The Morgan fingerprint density at radius 1 is 1.59 bits per heavy atom. The molecule has 1 aromatic heterocycles. The summed E-state index contributed by atoms with van der Waals surface area (Å²) in [6.45, 7) is 0.255. The van der Waals surface area contributed by atoms with Crippen LogP contribution in [-0.2, 0) is 9.59 Å². The van der Waals surface area contributed by atoms with E-state index in [0.29, 0.717) is 11.3 Å². The Morgan fingerprint density at radius 2 is 2.35 bits per heavy atom. The largest absolute Gasteiger partial charge is 0.369 e. The summed E-state index contributed by atoms with van der Waals surface area (Å²) in [6.07, 6.45) is 3.02. The molecule has 1 aliphatic rings. The van der Waals surface area contributed by atoms with Gasteiger partial charge in [-0.3, -0.25) is 14.6 Å². The summed E-state index contributed by atoms with van der Waals surface area (Å²) >= 11 is 0. The molecule has 0 spiro atoms. The maximum absolute atomic E-state index is 11.7. The van der Waals surface area contributed by atoms with Crippen molar-refractivity contribution < 1.29 is 9.59 Å². The SMILES string of the molecule is N#Cc1cncc(N2CC(C(N)=O)CC2=O)c1. The second-order valence-electron chi connectivity index (χ2n) is 3.85. The van der Waals surface area contributed by atoms with Crippen molar-refractivity contribution in [3.05, 3.63) is 24.0 Å². The Kier molecular flexibility index (Phi) is 2.75. The van der Waals surface area contributed by atoms with Gasteiger partial charge in [-0.25, -0.2) is 0 Å². The molecule has 0 aliphatic carbocycles. The first-order valence-electron chi connectivity index (χ1n) is 5.06. The van der Waals surface area contributed by atoms with E-state index in [1.54, 1.807) is 6.07 Å². The Labute approximate surface area is 97.7 Å². The minimum Gasteiger partial charge on any atom is -0.369 e. The summed E-state index contributed by atoms with van der Waals surface area (Å²) in [5, 5.41) is 8.74. The van der Waals surface area contributed by atoms with Gasteiger partial charge in [0.1, 0.15) is 6.07 Å². The molecule has 1 unspecified atom stereocenters. The van der Waals surface area contributed by atoms with Crippen molar-refractivity contribution in [2.75, 3.05) is 11.4 Å². The van der Waals surface area contributed by atoms with E-state index in [9.17, 15) is 9.59 Å². The lowest BCUT2D eigenvalue weighted by Gasteiger charge is -2.15. The van der Waals surface area contributed by atoms with Crippen LogP contribution in [0, 0.1) is 17.2 Å². The number of anilines is 1. The highest BCUT2D eigenvalue weighted by atomic mass is 16.2. The summed E-state index contributed by atoms with van der Waals surface area (Å²) in [7, 11) is 0. The summed E-state index contributed by atoms with van der Waals surface area (Å²) in [5.74, 6) is -1.12. The fraction of sp³-hybridized carbons (Fsp3) is 0.273. The predicted molar refractivity (Wildman–Crippen MR) is 58.6 cm³/mol. The van der Waals surface area contributed by atoms with E-state index >= 15 is 0 Å². The summed E-state index contributed by atoms with van der Waals surface area (Å²) in [4.78, 5) is 28.0. The van der Waals surface area contributed by atoms with E-state index in [2.05, 4.69) is 4.98 Å². The van der Waals surface area contributed by atoms with Crippen molar-refractivity contribution in [2.45, 2.75) is 6.42 Å². The van der Waals surface area contributed by atoms with Crippen molar-refractivity contribution in [3.8, 4) is 6.07 Å². The first-order valence-corrected chi connectivity index (χ1v) is 5.06. The fourth-order valence-corrected chi connectivity index (χ4v) is 1.78. The number of aromatic nitrogens is 1. The van der Waals surface area contributed by atoms with Gasteiger partial charge in [0.05, 0.1) is 23.4 Å². The third-order valence-electron chi connectivity index (χ3n) is 2.69. The van der Waals surface area contributed by atoms with E-state index in [1.807, 2.05) is 6.07 Å². The Hall–Kier alpha value is -2.42. The first-order chi connectivity index (χ1) is 8.11. The van der Waals surface area contributed by atoms with Crippen LogP contribution in [0.15, 0.2) is 18.5 Å². The van der Waals surface area contributed by atoms with Crippen molar-refractivity contribution in [2.24, 2.45) is 11.7 Å². The van der Waals surface area contributed by atoms with Crippen LogP contribution in [0.5, 0.6) is 0 Å². The molecule has 6 nitrogen and oxygen atoms in total. The number of hydrogen-bond donors (Lipinski definition) is 1. The molecular formula is C11H10N4O2. The van der Waals surface area contributed by atoms with Gasteiger partial charge < -0.3 is 10.6 Å². The minimum atomic E-state index is -0.481. The maximum Gasteiger partial charge on any atom is 0.227 e. The Bertz CT molecular complexity index is 520. The molecule has 1 atom stereocenters. The molecular weight excluding hydrogens is 220 g/mol. The van der Waals surface area contributed by atoms with Crippen LogP contribution in [0.3, 0.4) is 0 Å². The number of nitrogens with two attached hydrogens (primary N) is 1. The maximum atomic E-state index is 11.7. The third-order valence-corrected chi connectivity index (χ3v) is 2.69. The average molecular weight is 230 g/mol. The number of hydrogen-bond acceptors (Lipinski definition) is 4. The van der Waals surface area contributed by atoms with Gasteiger partial charge in [-0.1, -0.05) is 0 Å². The van der Waals surface area contributed by atoms with Crippen LogP contribution in [0.25, 0.3) is 0 Å². The van der Waals surface area contributed by atoms with E-state index in [0.717, 1.165) is 0 Å². The smallest absolute Gasteiger partial charge is 0.227 e. The molecule has 1 aliphatic heterocycles. The third kappa shape index (κ3) is 2.08. The molecule has 6 heteroatoms. The lowest BCUT2D eigenvalue weighted by molar-refractivity contribution is -0.123. The molecule has 0 bridgehead atoms. The summed E-state index contributed by atoms with van der Waals surface area (Å²) in [5.41, 5.74) is 6.07. The van der Waals surface area contributed by atoms with Gasteiger partial charge in [-0.2, -0.15) is 5.26 Å². The average Bonchev–Trinajstić information content (AvgIpc) is 2.72. The van der Waals surface area contributed by atoms with Gasteiger partial charge in [-0.05, 0) is 6.07 Å². The second-order valence-corrected chi connectivity index (χ2v) is 3.85. The van der Waals surface area contributed by atoms with Crippen LogP contribution >= 0.6 is 0 Å². The second kappa shape index (κ2) is 4.22. The molecule has 0 aromatic carbocycles. The molecule has 2 rings (SSSR count). The molecule has 2 amide bonds. The van der Waals surface area contributed by atoms with E-state index in [-0.39, 0.29) is 18.9 Å². The zero-order valence-corrected chi connectivity index (χ0v) is 8.96. The van der Waals surface area contributed by atoms with E-state index < -0.39 is 11.8 Å². The molecule has 17 heavy (non-hydrogen) atoms. The molecule has 0 saturated carbocycles. The highest BCUT2D eigenvalue weighted by Crippen LogP contribution is 2.24. The van der Waals surface area contributed by atoms with E-state index in [4.69, 9.17) is 11.0 Å². The molecule has 1 saturated heterocycles. The number of nitriles is 1. The van der Waals surface area contributed by atoms with Crippen LogP contribution in [0.2, 0.25) is 0 Å². The number of carbonyl (C=O) groups is 2. The lowest BCUT2D eigenvalue weighted by Crippen LogP contribution is -2.28. The minimum absolute atomic E-state index is 0.117. The number of amides is 2.